The maximum Gasteiger partial charge on any atom is 0.375 e. The molecule has 4 aromatic rings. The van der Waals surface area contributed by atoms with Crippen molar-refractivity contribution in [2.24, 2.45) is 0 Å². The second-order valence-electron chi connectivity index (χ2n) is 9.46. The quantitative estimate of drug-likeness (QED) is 0.115. The lowest BCUT2D eigenvalue weighted by Gasteiger charge is -2.07. The third kappa shape index (κ3) is 10.0. The van der Waals surface area contributed by atoms with Gasteiger partial charge in [-0.1, -0.05) is 62.1 Å². The molecular weight excluding hydrogens is 562 g/mol. The van der Waals surface area contributed by atoms with Gasteiger partial charge in [-0.2, -0.15) is 4.57 Å². The van der Waals surface area contributed by atoms with E-state index in [1.165, 1.54) is 12.1 Å². The first-order valence-corrected chi connectivity index (χ1v) is 16.6. The molecule has 2 N–H and O–H groups in total. The van der Waals surface area contributed by atoms with Crippen molar-refractivity contribution < 1.29 is 30.4 Å². The highest BCUT2D eigenvalue weighted by molar-refractivity contribution is 7.92. The van der Waals surface area contributed by atoms with Crippen LogP contribution in [0.4, 0.5) is 11.4 Å². The van der Waals surface area contributed by atoms with Crippen molar-refractivity contribution in [2.45, 2.75) is 57.9 Å². The van der Waals surface area contributed by atoms with Crippen LogP contribution in [-0.2, 0) is 26.7 Å². The minimum absolute atomic E-state index is 0.142. The van der Waals surface area contributed by atoms with Crippen molar-refractivity contribution in [1.29, 1.82) is 0 Å². The molecule has 0 aliphatic rings. The van der Waals surface area contributed by atoms with E-state index in [1.807, 2.05) is 67.1 Å². The molecule has 4 rings (SSSR count). The highest BCUT2D eigenvalue weighted by atomic mass is 32.2. The number of hydrogen-bond donors (Lipinski definition) is 2. The van der Waals surface area contributed by atoms with E-state index in [4.69, 9.17) is 4.42 Å². The van der Waals surface area contributed by atoms with E-state index in [1.54, 1.807) is 24.3 Å². The number of benzene rings is 3. The summed E-state index contributed by atoms with van der Waals surface area (Å²) in [4.78, 5) is -0.178. The van der Waals surface area contributed by atoms with Crippen LogP contribution in [0.15, 0.2) is 88.3 Å². The predicted octanol–water partition coefficient (Wildman–Crippen LogP) is 6.04. The SMILES string of the molecule is CCCCCCS(=O)(=O)Nc1ccc2oc(/C=C/Nc3ccccc3)[n+](CC)c2c1.Cc1ccc(S(=O)(=O)[O-])cc1. The fraction of sp³-hybridized carbons (Fsp3) is 0.300. The molecule has 0 saturated carbocycles. The number of nitrogens with zero attached hydrogens (tertiary/aromatic N) is 1. The van der Waals surface area contributed by atoms with Crippen LogP contribution in [0.5, 0.6) is 0 Å². The Hall–Kier alpha value is -3.67. The van der Waals surface area contributed by atoms with E-state index in [0.717, 1.165) is 36.0 Å². The van der Waals surface area contributed by atoms with Crippen molar-refractivity contribution >= 4 is 48.7 Å². The van der Waals surface area contributed by atoms with Crippen molar-refractivity contribution in [1.82, 2.24) is 0 Å². The van der Waals surface area contributed by atoms with Crippen molar-refractivity contribution in [3.05, 3.63) is 90.5 Å². The predicted molar refractivity (Wildman–Crippen MR) is 162 cm³/mol. The monoisotopic (exact) mass is 599 g/mol. The first-order valence-electron chi connectivity index (χ1n) is 13.5. The first kappa shape index (κ1) is 31.9. The molecule has 0 unspecified atom stereocenters. The molecule has 0 fully saturated rings. The molecule has 41 heavy (non-hydrogen) atoms. The smallest absolute Gasteiger partial charge is 0.375 e. The van der Waals surface area contributed by atoms with Crippen LogP contribution in [0.2, 0.25) is 0 Å². The summed E-state index contributed by atoms with van der Waals surface area (Å²) in [6.07, 6.45) is 7.45. The summed E-state index contributed by atoms with van der Waals surface area (Å²) < 4.78 is 66.6. The third-order valence-electron chi connectivity index (χ3n) is 6.15. The number of sulfonamides is 1. The largest absolute Gasteiger partial charge is 0.744 e. The Labute approximate surface area is 242 Å². The van der Waals surface area contributed by atoms with Gasteiger partial charge in [-0.3, -0.25) is 4.72 Å². The Morgan fingerprint density at radius 1 is 0.878 bits per heavy atom. The molecule has 0 atom stereocenters. The number of nitrogens with one attached hydrogen (secondary N) is 2. The van der Waals surface area contributed by atoms with Gasteiger partial charge in [0.1, 0.15) is 16.7 Å². The number of aryl methyl sites for hydroxylation is 2. The third-order valence-corrected chi connectivity index (χ3v) is 8.37. The van der Waals surface area contributed by atoms with Crippen molar-refractivity contribution in [2.75, 3.05) is 15.8 Å². The van der Waals surface area contributed by atoms with Gasteiger partial charge in [-0.05, 0) is 56.7 Å². The number of para-hydroxylation sites is 1. The van der Waals surface area contributed by atoms with E-state index >= 15 is 0 Å². The van der Waals surface area contributed by atoms with Crippen LogP contribution in [0.3, 0.4) is 0 Å². The highest BCUT2D eigenvalue weighted by Gasteiger charge is 2.20. The molecule has 0 bridgehead atoms. The summed E-state index contributed by atoms with van der Waals surface area (Å²) in [6, 6.07) is 21.0. The van der Waals surface area contributed by atoms with Gasteiger partial charge < -0.3 is 14.3 Å². The van der Waals surface area contributed by atoms with Crippen molar-refractivity contribution in [3.63, 3.8) is 0 Å². The van der Waals surface area contributed by atoms with E-state index in [0.29, 0.717) is 30.1 Å². The van der Waals surface area contributed by atoms with Gasteiger partial charge in [-0.15, -0.1) is 0 Å². The minimum Gasteiger partial charge on any atom is -0.744 e. The van der Waals surface area contributed by atoms with Gasteiger partial charge in [0, 0.05) is 18.0 Å². The summed E-state index contributed by atoms with van der Waals surface area (Å²) in [5, 5.41) is 3.21. The van der Waals surface area contributed by atoms with E-state index in [9.17, 15) is 21.4 Å². The molecule has 0 spiro atoms. The maximum atomic E-state index is 12.4. The first-order chi connectivity index (χ1) is 19.5. The summed E-state index contributed by atoms with van der Waals surface area (Å²) >= 11 is 0. The summed E-state index contributed by atoms with van der Waals surface area (Å²) in [7, 11) is -7.62. The number of rotatable bonds is 12. The van der Waals surface area contributed by atoms with Gasteiger partial charge in [0.05, 0.1) is 22.4 Å². The van der Waals surface area contributed by atoms with E-state index in [2.05, 4.69) is 17.0 Å². The molecule has 0 aliphatic carbocycles. The number of aromatic nitrogens is 1. The van der Waals surface area contributed by atoms with Crippen LogP contribution < -0.4 is 14.6 Å². The van der Waals surface area contributed by atoms with Crippen LogP contribution in [0.1, 0.15) is 51.0 Å². The summed E-state index contributed by atoms with van der Waals surface area (Å²) in [5.41, 5.74) is 4.03. The minimum atomic E-state index is -4.27. The molecule has 1 aromatic heterocycles. The highest BCUT2D eigenvalue weighted by Crippen LogP contribution is 2.21. The number of hydrogen-bond acceptors (Lipinski definition) is 7. The van der Waals surface area contributed by atoms with Crippen LogP contribution in [-0.4, -0.2) is 27.1 Å². The van der Waals surface area contributed by atoms with Gasteiger partial charge in [0.15, 0.2) is 0 Å². The fourth-order valence-corrected chi connectivity index (χ4v) is 5.65. The fourth-order valence-electron chi connectivity index (χ4n) is 4.01. The van der Waals surface area contributed by atoms with Gasteiger partial charge in [0.25, 0.3) is 5.52 Å². The lowest BCUT2D eigenvalue weighted by Crippen LogP contribution is -2.33. The molecule has 3 aromatic carbocycles. The lowest BCUT2D eigenvalue weighted by atomic mass is 10.2. The van der Waals surface area contributed by atoms with E-state index in [-0.39, 0.29) is 10.6 Å². The number of anilines is 2. The van der Waals surface area contributed by atoms with Crippen LogP contribution in [0, 0.1) is 6.92 Å². The molecule has 0 aliphatic heterocycles. The standard InChI is InChI=1S/C23H29N3O3S.C7H8O3S/c1-3-5-6-10-17-30(27,28)25-20-13-14-22-21(18-20)26(4-2)23(29-22)15-16-24-19-11-8-7-9-12-19;1-6-2-4-7(5-3-6)11(8,9)10/h7-9,11-16,18,25H,3-6,10,17H2,1-2H3;2-5H,1H3,(H,8,9,10). The van der Waals surface area contributed by atoms with Crippen molar-refractivity contribution in [3.8, 4) is 0 Å². The van der Waals surface area contributed by atoms with Gasteiger partial charge in [0.2, 0.25) is 15.6 Å². The molecule has 0 saturated heterocycles. The summed E-state index contributed by atoms with van der Waals surface area (Å²) in [6.45, 7) is 6.66. The molecule has 11 heteroatoms. The average molecular weight is 600 g/mol. The second kappa shape index (κ2) is 14.8. The number of oxazole rings is 1. The van der Waals surface area contributed by atoms with Gasteiger partial charge >= 0.3 is 5.89 Å². The Balaban J connectivity index is 0.000000352. The van der Waals surface area contributed by atoms with Gasteiger partial charge in [-0.25, -0.2) is 16.8 Å². The Bertz CT molecular complexity index is 1650. The Morgan fingerprint density at radius 2 is 1.59 bits per heavy atom. The molecule has 0 radical (unpaired) electrons. The van der Waals surface area contributed by atoms with Crippen LogP contribution in [0.25, 0.3) is 17.2 Å². The molecule has 220 valence electrons. The number of unbranched alkanes of at least 4 members (excludes halogenated alkanes) is 3. The second-order valence-corrected chi connectivity index (χ2v) is 12.7. The Kier molecular flexibility index (Phi) is 11.5. The van der Waals surface area contributed by atoms with E-state index < -0.39 is 20.1 Å². The Morgan fingerprint density at radius 3 is 2.22 bits per heavy atom. The number of fused-ring (bicyclic) bond motifs is 1. The molecule has 9 nitrogen and oxygen atoms in total. The average Bonchev–Trinajstić information content (AvgIpc) is 3.28. The normalized spacial score (nSPS) is 11.8. The molecular formula is C30H37N3O6S2. The summed E-state index contributed by atoms with van der Waals surface area (Å²) in [5.74, 6) is 0.832. The molecule has 0 amide bonds. The zero-order valence-electron chi connectivity index (χ0n) is 23.5. The zero-order chi connectivity index (χ0) is 29.9. The topological polar surface area (TPSA) is 132 Å². The lowest BCUT2D eigenvalue weighted by molar-refractivity contribution is -0.674. The maximum absolute atomic E-state index is 12.4. The molecule has 1 heterocycles. The van der Waals surface area contributed by atoms with Crippen LogP contribution >= 0.6 is 0 Å². The zero-order valence-corrected chi connectivity index (χ0v) is 25.2.